The first kappa shape index (κ1) is 13.7. The van der Waals surface area contributed by atoms with Crippen LogP contribution >= 0.6 is 11.6 Å². The van der Waals surface area contributed by atoms with E-state index in [1.54, 1.807) is 7.11 Å². The van der Waals surface area contributed by atoms with E-state index in [0.717, 1.165) is 31.4 Å². The molecule has 1 heterocycles. The van der Waals surface area contributed by atoms with Gasteiger partial charge in [0.25, 0.3) is 0 Å². The molecule has 0 saturated carbocycles. The first-order valence-corrected chi connectivity index (χ1v) is 6.79. The van der Waals surface area contributed by atoms with Crippen molar-refractivity contribution in [2.75, 3.05) is 13.7 Å². The molecule has 1 aliphatic heterocycles. The molecule has 18 heavy (non-hydrogen) atoms. The van der Waals surface area contributed by atoms with E-state index in [1.807, 2.05) is 18.2 Å². The molecule has 1 aromatic rings. The lowest BCUT2D eigenvalue weighted by Gasteiger charge is -2.16. The van der Waals surface area contributed by atoms with Gasteiger partial charge in [-0.3, -0.25) is 0 Å². The molecule has 0 radical (unpaired) electrons. The van der Waals surface area contributed by atoms with Crippen molar-refractivity contribution in [1.82, 2.24) is 0 Å². The third kappa shape index (κ3) is 3.37. The molecule has 3 nitrogen and oxygen atoms in total. The number of rotatable bonds is 5. The second kappa shape index (κ2) is 6.41. The Balaban J connectivity index is 1.93. The minimum atomic E-state index is 0.0142. The molecule has 0 aliphatic carbocycles. The van der Waals surface area contributed by atoms with Crippen LogP contribution in [-0.4, -0.2) is 19.8 Å². The maximum absolute atomic E-state index is 6.19. The van der Waals surface area contributed by atoms with Gasteiger partial charge in [0.2, 0.25) is 0 Å². The zero-order valence-corrected chi connectivity index (χ0v) is 11.5. The topological polar surface area (TPSA) is 44.5 Å². The minimum absolute atomic E-state index is 0.0142. The third-order valence-electron chi connectivity index (χ3n) is 3.43. The van der Waals surface area contributed by atoms with E-state index in [9.17, 15) is 0 Å². The average molecular weight is 270 g/mol. The molecule has 1 fully saturated rings. The summed E-state index contributed by atoms with van der Waals surface area (Å²) in [4.78, 5) is 0. The van der Waals surface area contributed by atoms with Gasteiger partial charge in [-0.2, -0.15) is 0 Å². The summed E-state index contributed by atoms with van der Waals surface area (Å²) in [5.41, 5.74) is 7.26. The Bertz CT molecular complexity index is 391. The van der Waals surface area contributed by atoms with Gasteiger partial charge in [0.15, 0.2) is 0 Å². The van der Waals surface area contributed by atoms with Gasteiger partial charge in [-0.15, -0.1) is 0 Å². The van der Waals surface area contributed by atoms with Crippen molar-refractivity contribution >= 4 is 11.6 Å². The van der Waals surface area contributed by atoms with E-state index < -0.39 is 0 Å². The van der Waals surface area contributed by atoms with Crippen LogP contribution in [0.4, 0.5) is 0 Å². The van der Waals surface area contributed by atoms with Crippen molar-refractivity contribution in [3.8, 4) is 5.75 Å². The number of benzene rings is 1. The van der Waals surface area contributed by atoms with Gasteiger partial charge in [-0.25, -0.2) is 0 Å². The highest BCUT2D eigenvalue weighted by atomic mass is 35.5. The fraction of sp³-hybridized carbons (Fsp3) is 0.571. The van der Waals surface area contributed by atoms with Gasteiger partial charge in [-0.1, -0.05) is 17.7 Å². The number of hydrogen-bond acceptors (Lipinski definition) is 3. The van der Waals surface area contributed by atoms with Gasteiger partial charge in [-0.05, 0) is 43.4 Å². The highest BCUT2D eigenvalue weighted by Crippen LogP contribution is 2.29. The second-order valence-electron chi connectivity index (χ2n) is 4.71. The van der Waals surface area contributed by atoms with Gasteiger partial charge in [0, 0.05) is 12.6 Å². The summed E-state index contributed by atoms with van der Waals surface area (Å²) in [7, 11) is 1.61. The Morgan fingerprint density at radius 3 is 3.06 bits per heavy atom. The molecule has 0 aromatic heterocycles. The van der Waals surface area contributed by atoms with E-state index in [0.29, 0.717) is 16.9 Å². The lowest BCUT2D eigenvalue weighted by atomic mass is 10.00. The van der Waals surface area contributed by atoms with E-state index in [1.165, 1.54) is 6.42 Å². The Hall–Kier alpha value is -0.770. The molecule has 1 saturated heterocycles. The SMILES string of the molecule is COc1cc(C(N)CCC2CCCO2)ccc1Cl. The van der Waals surface area contributed by atoms with Gasteiger partial charge < -0.3 is 15.2 Å². The number of halogens is 1. The fourth-order valence-corrected chi connectivity index (χ4v) is 2.51. The molecule has 1 aliphatic rings. The van der Waals surface area contributed by atoms with Crippen LogP contribution in [0.3, 0.4) is 0 Å². The van der Waals surface area contributed by atoms with Crippen LogP contribution in [0.1, 0.15) is 37.3 Å². The molecule has 4 heteroatoms. The van der Waals surface area contributed by atoms with Gasteiger partial charge in [0.1, 0.15) is 5.75 Å². The predicted molar refractivity (Wildman–Crippen MR) is 73.1 cm³/mol. The molecule has 2 unspecified atom stereocenters. The summed E-state index contributed by atoms with van der Waals surface area (Å²) in [6, 6.07) is 5.73. The molecule has 1 aromatic carbocycles. The van der Waals surface area contributed by atoms with Crippen LogP contribution in [-0.2, 0) is 4.74 Å². The maximum Gasteiger partial charge on any atom is 0.137 e. The van der Waals surface area contributed by atoms with E-state index in [4.69, 9.17) is 26.8 Å². The average Bonchev–Trinajstić information content (AvgIpc) is 2.89. The first-order chi connectivity index (χ1) is 8.70. The van der Waals surface area contributed by atoms with Crippen LogP contribution in [0.2, 0.25) is 5.02 Å². The molecule has 2 atom stereocenters. The lowest BCUT2D eigenvalue weighted by molar-refractivity contribution is 0.101. The Morgan fingerprint density at radius 2 is 2.39 bits per heavy atom. The molecule has 0 bridgehead atoms. The first-order valence-electron chi connectivity index (χ1n) is 6.41. The zero-order valence-electron chi connectivity index (χ0n) is 10.7. The highest BCUT2D eigenvalue weighted by Gasteiger charge is 2.17. The van der Waals surface area contributed by atoms with E-state index in [2.05, 4.69) is 0 Å². The second-order valence-corrected chi connectivity index (χ2v) is 5.12. The van der Waals surface area contributed by atoms with Crippen molar-refractivity contribution in [1.29, 1.82) is 0 Å². The Labute approximate surface area is 113 Å². The van der Waals surface area contributed by atoms with Gasteiger partial charge >= 0.3 is 0 Å². The molecule has 2 N–H and O–H groups in total. The van der Waals surface area contributed by atoms with Crippen LogP contribution < -0.4 is 10.5 Å². The molecular weight excluding hydrogens is 250 g/mol. The van der Waals surface area contributed by atoms with Crippen molar-refractivity contribution < 1.29 is 9.47 Å². The molecule has 2 rings (SSSR count). The van der Waals surface area contributed by atoms with E-state index >= 15 is 0 Å². The van der Waals surface area contributed by atoms with Crippen LogP contribution in [0, 0.1) is 0 Å². The number of ether oxygens (including phenoxy) is 2. The lowest BCUT2D eigenvalue weighted by Crippen LogP contribution is -2.14. The monoisotopic (exact) mass is 269 g/mol. The maximum atomic E-state index is 6.19. The predicted octanol–water partition coefficient (Wildman–Crippen LogP) is 3.31. The zero-order chi connectivity index (χ0) is 13.0. The summed E-state index contributed by atoms with van der Waals surface area (Å²) in [6.45, 7) is 0.897. The number of methoxy groups -OCH3 is 1. The Morgan fingerprint density at radius 1 is 1.56 bits per heavy atom. The largest absolute Gasteiger partial charge is 0.495 e. The molecular formula is C14H20ClNO2. The molecule has 0 spiro atoms. The van der Waals surface area contributed by atoms with E-state index in [-0.39, 0.29) is 6.04 Å². The molecule has 100 valence electrons. The number of hydrogen-bond donors (Lipinski definition) is 1. The quantitative estimate of drug-likeness (QED) is 0.892. The van der Waals surface area contributed by atoms with Crippen molar-refractivity contribution in [2.24, 2.45) is 5.73 Å². The fourth-order valence-electron chi connectivity index (χ4n) is 2.31. The highest BCUT2D eigenvalue weighted by molar-refractivity contribution is 6.32. The summed E-state index contributed by atoms with van der Waals surface area (Å²) in [6.07, 6.45) is 4.68. The van der Waals surface area contributed by atoms with Crippen LogP contribution in [0.25, 0.3) is 0 Å². The van der Waals surface area contributed by atoms with Crippen LogP contribution in [0.5, 0.6) is 5.75 Å². The third-order valence-corrected chi connectivity index (χ3v) is 3.74. The van der Waals surface area contributed by atoms with Crippen molar-refractivity contribution in [3.05, 3.63) is 28.8 Å². The standard InChI is InChI=1S/C14H20ClNO2/c1-17-14-9-10(4-6-12(14)15)13(16)7-5-11-3-2-8-18-11/h4,6,9,11,13H,2-3,5,7-8,16H2,1H3. The smallest absolute Gasteiger partial charge is 0.137 e. The summed E-state index contributed by atoms with van der Waals surface area (Å²) in [5.74, 6) is 0.682. The van der Waals surface area contributed by atoms with Crippen molar-refractivity contribution in [3.63, 3.8) is 0 Å². The number of nitrogens with two attached hydrogens (primary N) is 1. The minimum Gasteiger partial charge on any atom is -0.495 e. The van der Waals surface area contributed by atoms with Crippen molar-refractivity contribution in [2.45, 2.75) is 37.8 Å². The summed E-state index contributed by atoms with van der Waals surface area (Å²) < 4.78 is 10.8. The molecule has 0 amide bonds. The normalized spacial score (nSPS) is 20.9. The van der Waals surface area contributed by atoms with Gasteiger partial charge in [0.05, 0.1) is 18.2 Å². The summed E-state index contributed by atoms with van der Waals surface area (Å²) in [5, 5.41) is 0.618. The van der Waals surface area contributed by atoms with Crippen LogP contribution in [0.15, 0.2) is 18.2 Å². The Kier molecular flexibility index (Phi) is 4.87. The summed E-state index contributed by atoms with van der Waals surface area (Å²) >= 11 is 6.00.